The van der Waals surface area contributed by atoms with E-state index in [0.717, 1.165) is 44.1 Å². The van der Waals surface area contributed by atoms with Crippen molar-refractivity contribution < 1.29 is 19.8 Å². The number of hydrogen-bond acceptors (Lipinski definition) is 5. The summed E-state index contributed by atoms with van der Waals surface area (Å²) in [5.74, 6) is 1.61. The lowest BCUT2D eigenvalue weighted by Crippen LogP contribution is -2.57. The fourth-order valence-corrected chi connectivity index (χ4v) is 4.02. The van der Waals surface area contributed by atoms with Crippen LogP contribution < -0.4 is 5.48 Å². The van der Waals surface area contributed by atoms with Gasteiger partial charge in [-0.3, -0.25) is 4.79 Å². The van der Waals surface area contributed by atoms with Crippen LogP contribution in [-0.2, 0) is 14.5 Å². The largest absolute Gasteiger partial charge is 0.376 e. The van der Waals surface area contributed by atoms with Gasteiger partial charge in [-0.05, 0) is 50.4 Å². The molecule has 0 bridgehead atoms. The van der Waals surface area contributed by atoms with Crippen molar-refractivity contribution in [1.29, 1.82) is 0 Å². The summed E-state index contributed by atoms with van der Waals surface area (Å²) in [5.41, 5.74) is 2.61. The highest BCUT2D eigenvalue weighted by atomic mass is 17.2. The molecule has 2 N–H and O–H groups in total. The number of rotatable bonds is 6. The lowest BCUT2D eigenvalue weighted by atomic mass is 9.80. The Bertz CT molecular complexity index is 368. The van der Waals surface area contributed by atoms with Gasteiger partial charge < -0.3 is 9.64 Å². The van der Waals surface area contributed by atoms with E-state index in [-0.39, 0.29) is 24.1 Å². The minimum Gasteiger partial charge on any atom is -0.376 e. The predicted octanol–water partition coefficient (Wildman–Crippen LogP) is 2.59. The number of amides is 1. The Morgan fingerprint density at radius 1 is 1.26 bits per heavy atom. The zero-order chi connectivity index (χ0) is 16.8. The van der Waals surface area contributed by atoms with Crippen molar-refractivity contribution in [3.8, 4) is 0 Å². The van der Waals surface area contributed by atoms with Gasteiger partial charge in [-0.2, -0.15) is 5.48 Å². The first-order chi connectivity index (χ1) is 11.0. The van der Waals surface area contributed by atoms with E-state index < -0.39 is 0 Å². The van der Waals surface area contributed by atoms with Crippen LogP contribution in [0.1, 0.15) is 59.3 Å². The molecule has 0 radical (unpaired) electrons. The summed E-state index contributed by atoms with van der Waals surface area (Å²) in [7, 11) is 0. The molecule has 0 spiro atoms. The van der Waals surface area contributed by atoms with Gasteiger partial charge in [0.2, 0.25) is 5.91 Å². The summed E-state index contributed by atoms with van der Waals surface area (Å²) < 4.78 is 6.14. The quantitative estimate of drug-likeness (QED) is 0.579. The molecule has 1 saturated carbocycles. The Morgan fingerprint density at radius 2 is 1.96 bits per heavy atom. The molecule has 0 aromatic heterocycles. The molecule has 6 nitrogen and oxygen atoms in total. The number of carbonyl (C=O) groups excluding carboxylic acids is 1. The monoisotopic (exact) mass is 328 g/mol. The van der Waals surface area contributed by atoms with Gasteiger partial charge in [0.05, 0.1) is 24.8 Å². The van der Waals surface area contributed by atoms with Crippen LogP contribution in [0.5, 0.6) is 0 Å². The number of carbonyl (C=O) groups is 1. The normalized spacial score (nSPS) is 32.3. The molecule has 23 heavy (non-hydrogen) atoms. The van der Waals surface area contributed by atoms with Crippen molar-refractivity contribution in [2.24, 2.45) is 11.8 Å². The molecule has 1 aliphatic heterocycles. The van der Waals surface area contributed by atoms with Gasteiger partial charge in [0, 0.05) is 13.5 Å². The van der Waals surface area contributed by atoms with E-state index in [2.05, 4.69) is 24.3 Å². The second kappa shape index (κ2) is 8.97. The number of nitrogens with zero attached hydrogens (tertiary/aromatic N) is 1. The molecule has 0 aromatic rings. The smallest absolute Gasteiger partial charge is 0.219 e. The molecule has 2 atom stereocenters. The summed E-state index contributed by atoms with van der Waals surface area (Å²) in [6.07, 6.45) is 6.70. The molecule has 2 rings (SSSR count). The average molecular weight is 328 g/mol. The van der Waals surface area contributed by atoms with Crippen LogP contribution >= 0.6 is 0 Å². The molecule has 2 aliphatic rings. The third-order valence-electron chi connectivity index (χ3n) is 5.55. The van der Waals surface area contributed by atoms with E-state index in [1.54, 1.807) is 6.92 Å². The first-order valence-corrected chi connectivity index (χ1v) is 8.97. The highest BCUT2D eigenvalue weighted by molar-refractivity contribution is 5.73. The molecule has 134 valence electrons. The van der Waals surface area contributed by atoms with Crippen LogP contribution in [-0.4, -0.2) is 47.4 Å². The van der Waals surface area contributed by atoms with Gasteiger partial charge in [-0.25, -0.2) is 5.26 Å². The first kappa shape index (κ1) is 18.6. The maximum atomic E-state index is 11.9. The summed E-state index contributed by atoms with van der Waals surface area (Å²) in [6, 6.07) is -0.180. The van der Waals surface area contributed by atoms with Crippen molar-refractivity contribution in [3.63, 3.8) is 0 Å². The van der Waals surface area contributed by atoms with Crippen LogP contribution in [0.2, 0.25) is 0 Å². The Kier molecular flexibility index (Phi) is 7.27. The highest BCUT2D eigenvalue weighted by Gasteiger charge is 2.34. The van der Waals surface area contributed by atoms with Crippen molar-refractivity contribution in [1.82, 2.24) is 10.4 Å². The number of hydroxylamine groups is 1. The summed E-state index contributed by atoms with van der Waals surface area (Å²) in [5, 5.41) is 8.70. The second-order valence-corrected chi connectivity index (χ2v) is 7.35. The van der Waals surface area contributed by atoms with E-state index in [0.29, 0.717) is 6.61 Å². The van der Waals surface area contributed by atoms with E-state index in [1.165, 1.54) is 12.8 Å². The lowest BCUT2D eigenvalue weighted by molar-refractivity contribution is -0.304. The zero-order valence-electron chi connectivity index (χ0n) is 14.7. The van der Waals surface area contributed by atoms with Crippen LogP contribution in [0.3, 0.4) is 0 Å². The fraction of sp³-hybridized carbons (Fsp3) is 0.941. The SMILES string of the molecule is CC(=O)N1CCCC(NOO)C1COC1CCC(C(C)C)CC1. The average Bonchev–Trinajstić information content (AvgIpc) is 2.54. The van der Waals surface area contributed by atoms with Crippen LogP contribution in [0.4, 0.5) is 0 Å². The third kappa shape index (κ3) is 5.14. The van der Waals surface area contributed by atoms with Crippen LogP contribution in [0, 0.1) is 11.8 Å². The summed E-state index contributed by atoms with van der Waals surface area (Å²) in [4.78, 5) is 17.8. The van der Waals surface area contributed by atoms with Crippen molar-refractivity contribution in [3.05, 3.63) is 0 Å². The first-order valence-electron chi connectivity index (χ1n) is 8.97. The summed E-state index contributed by atoms with van der Waals surface area (Å²) >= 11 is 0. The van der Waals surface area contributed by atoms with Gasteiger partial charge in [0.1, 0.15) is 0 Å². The van der Waals surface area contributed by atoms with Gasteiger partial charge in [-0.1, -0.05) is 13.8 Å². The Labute approximate surface area is 139 Å². The number of piperidine rings is 1. The number of likely N-dealkylation sites (tertiary alicyclic amines) is 1. The molecule has 6 heteroatoms. The predicted molar refractivity (Wildman–Crippen MR) is 87.6 cm³/mol. The Hall–Kier alpha value is -0.690. The second-order valence-electron chi connectivity index (χ2n) is 7.35. The van der Waals surface area contributed by atoms with E-state index >= 15 is 0 Å². The van der Waals surface area contributed by atoms with E-state index in [9.17, 15) is 4.79 Å². The van der Waals surface area contributed by atoms with Crippen molar-refractivity contribution in [2.75, 3.05) is 13.2 Å². The summed E-state index contributed by atoms with van der Waals surface area (Å²) in [6.45, 7) is 7.42. The molecule has 0 aromatic carbocycles. The third-order valence-corrected chi connectivity index (χ3v) is 5.55. The van der Waals surface area contributed by atoms with Gasteiger partial charge >= 0.3 is 0 Å². The van der Waals surface area contributed by atoms with E-state index in [1.807, 2.05) is 4.90 Å². The molecule has 1 amide bonds. The molecular weight excluding hydrogens is 296 g/mol. The van der Waals surface area contributed by atoms with Gasteiger partial charge in [-0.15, -0.1) is 4.99 Å². The fourth-order valence-electron chi connectivity index (χ4n) is 4.02. The maximum Gasteiger partial charge on any atom is 0.219 e. The zero-order valence-corrected chi connectivity index (χ0v) is 14.7. The standard InChI is InChI=1S/C17H32N2O4/c1-12(2)14-6-8-15(9-7-14)22-11-17-16(18-23-21)5-4-10-19(17)13(3)20/h12,14-18,21H,4-11H2,1-3H3. The minimum absolute atomic E-state index is 0.0477. The molecule has 1 heterocycles. The molecule has 2 unspecified atom stereocenters. The van der Waals surface area contributed by atoms with E-state index in [4.69, 9.17) is 9.99 Å². The topological polar surface area (TPSA) is 71.0 Å². The number of ether oxygens (including phenoxy) is 1. The minimum atomic E-state index is -0.0929. The van der Waals surface area contributed by atoms with Crippen LogP contribution in [0.15, 0.2) is 0 Å². The number of hydrogen-bond donors (Lipinski definition) is 2. The lowest BCUT2D eigenvalue weighted by Gasteiger charge is -2.41. The van der Waals surface area contributed by atoms with Crippen LogP contribution in [0.25, 0.3) is 0 Å². The Morgan fingerprint density at radius 3 is 2.52 bits per heavy atom. The Balaban J connectivity index is 1.86. The van der Waals surface area contributed by atoms with Gasteiger partial charge in [0.25, 0.3) is 0 Å². The number of nitrogens with one attached hydrogen (secondary N) is 1. The van der Waals surface area contributed by atoms with Gasteiger partial charge in [0.15, 0.2) is 0 Å². The molecule has 2 fully saturated rings. The molecule has 1 saturated heterocycles. The maximum absolute atomic E-state index is 11.9. The molecule has 1 aliphatic carbocycles. The van der Waals surface area contributed by atoms with Crippen molar-refractivity contribution in [2.45, 2.75) is 77.5 Å². The molecular formula is C17H32N2O4. The van der Waals surface area contributed by atoms with Crippen molar-refractivity contribution >= 4 is 5.91 Å². The highest BCUT2D eigenvalue weighted by Crippen LogP contribution is 2.31.